The van der Waals surface area contributed by atoms with Gasteiger partial charge in [0.05, 0.1) is 0 Å². The van der Waals surface area contributed by atoms with Crippen LogP contribution in [0.1, 0.15) is 79.8 Å². The van der Waals surface area contributed by atoms with Crippen LogP contribution in [-0.4, -0.2) is 35.5 Å². The summed E-state index contributed by atoms with van der Waals surface area (Å²) < 4.78 is 8.66. The van der Waals surface area contributed by atoms with Gasteiger partial charge < -0.3 is 0 Å². The Hall–Kier alpha value is -3.18. The third kappa shape index (κ3) is 8.05. The van der Waals surface area contributed by atoms with E-state index >= 15 is 0 Å². The van der Waals surface area contributed by atoms with Gasteiger partial charge in [-0.15, -0.1) is 0 Å². The van der Waals surface area contributed by atoms with Crippen molar-refractivity contribution in [2.24, 2.45) is 0 Å². The Morgan fingerprint density at radius 3 is 1.10 bits per heavy atom. The highest BCUT2D eigenvalue weighted by Gasteiger charge is 2.19. The molecule has 3 heterocycles. The van der Waals surface area contributed by atoms with Gasteiger partial charge in [0, 0.05) is 16.2 Å². The van der Waals surface area contributed by atoms with Crippen molar-refractivity contribution in [2.75, 3.05) is 0 Å². The monoisotopic (exact) mass is 425 g/mol. The Bertz CT molecular complexity index is 936. The van der Waals surface area contributed by atoms with Gasteiger partial charge >= 0.3 is 17.2 Å². The molecule has 0 aliphatic carbocycles. The first-order chi connectivity index (χ1) is 13.5. The van der Waals surface area contributed by atoms with Crippen LogP contribution in [0.2, 0.25) is 0 Å². The minimum Gasteiger partial charge on any atom is -0.296 e. The van der Waals surface area contributed by atoms with Gasteiger partial charge in [-0.3, -0.25) is 24.0 Å². The molecular formula is C18H31N7O5. The summed E-state index contributed by atoms with van der Waals surface area (Å²) in [6.07, 6.45) is 0. The molecular weight excluding hydrogens is 394 g/mol. The molecule has 0 fully saturated rings. The number of nitrogens with zero attached hydrogens (tertiary/aromatic N) is 3. The molecule has 0 atom stereocenters. The molecule has 3 aromatic heterocycles. The first-order valence-electron chi connectivity index (χ1n) is 9.28. The van der Waals surface area contributed by atoms with E-state index in [1.807, 2.05) is 62.3 Å². The molecule has 0 saturated carbocycles. The van der Waals surface area contributed by atoms with Gasteiger partial charge in [0.1, 0.15) is 5.82 Å². The van der Waals surface area contributed by atoms with E-state index in [2.05, 4.69) is 44.5 Å². The SMILES string of the molecule is CC(C)(C)c1n[nH]c(=O)[nH]1.CC(C)(C)c1noc(=O)[nH]1.CC(C)(C)c1noc(=O)[nH]1. The van der Waals surface area contributed by atoms with Crippen molar-refractivity contribution in [3.05, 3.63) is 49.1 Å². The second-order valence-corrected chi connectivity index (χ2v) is 9.66. The molecule has 0 aliphatic heterocycles. The number of hydrogen-bond acceptors (Lipinski definition) is 8. The van der Waals surface area contributed by atoms with Crippen LogP contribution >= 0.6 is 0 Å². The molecule has 0 saturated heterocycles. The zero-order valence-electron chi connectivity index (χ0n) is 18.9. The second-order valence-electron chi connectivity index (χ2n) is 9.66. The Labute approximate surface area is 172 Å². The molecule has 3 rings (SSSR count). The lowest BCUT2D eigenvalue weighted by Gasteiger charge is -2.12. The number of aromatic nitrogens is 7. The van der Waals surface area contributed by atoms with Crippen molar-refractivity contribution in [1.82, 2.24) is 35.5 Å². The van der Waals surface area contributed by atoms with Crippen molar-refractivity contribution in [2.45, 2.75) is 78.6 Å². The molecule has 12 heteroatoms. The fraction of sp³-hybridized carbons (Fsp3) is 0.667. The summed E-state index contributed by atoms with van der Waals surface area (Å²) in [5.41, 5.74) is -0.623. The minimum absolute atomic E-state index is 0.0842. The van der Waals surface area contributed by atoms with Crippen LogP contribution in [0, 0.1) is 0 Å². The third-order valence-electron chi connectivity index (χ3n) is 3.51. The van der Waals surface area contributed by atoms with Crippen LogP contribution in [0.15, 0.2) is 23.4 Å². The number of rotatable bonds is 0. The number of nitrogens with one attached hydrogen (secondary N) is 4. The van der Waals surface area contributed by atoms with Crippen molar-refractivity contribution < 1.29 is 9.05 Å². The molecule has 0 bridgehead atoms. The molecule has 0 unspecified atom stereocenters. The van der Waals surface area contributed by atoms with E-state index in [-0.39, 0.29) is 21.9 Å². The van der Waals surface area contributed by atoms with E-state index in [0.29, 0.717) is 17.5 Å². The fourth-order valence-corrected chi connectivity index (χ4v) is 1.73. The maximum atomic E-state index is 10.6. The van der Waals surface area contributed by atoms with Crippen LogP contribution in [0.4, 0.5) is 0 Å². The number of H-pyrrole nitrogens is 4. The van der Waals surface area contributed by atoms with Gasteiger partial charge in [0.15, 0.2) is 11.6 Å². The molecule has 168 valence electrons. The van der Waals surface area contributed by atoms with Gasteiger partial charge in [-0.25, -0.2) is 19.5 Å². The van der Waals surface area contributed by atoms with Crippen LogP contribution in [0.3, 0.4) is 0 Å². The topological polar surface area (TPSA) is 179 Å². The highest BCUT2D eigenvalue weighted by molar-refractivity contribution is 4.98. The standard InChI is InChI=1S/C6H11N3O.2C6H10N2O2/c1-6(2,3)4-7-5(10)9-8-4;2*1-6(2,3)4-7-5(9)10-8-4/h1-3H3,(H2,7,8,9,10);2*1-3H3,(H,7,8,9). The van der Waals surface area contributed by atoms with E-state index in [9.17, 15) is 14.4 Å². The van der Waals surface area contributed by atoms with Crippen LogP contribution in [0.25, 0.3) is 0 Å². The van der Waals surface area contributed by atoms with Crippen molar-refractivity contribution in [3.63, 3.8) is 0 Å². The Kier molecular flexibility index (Phi) is 7.54. The molecule has 30 heavy (non-hydrogen) atoms. The van der Waals surface area contributed by atoms with E-state index in [0.717, 1.165) is 0 Å². The van der Waals surface area contributed by atoms with Crippen molar-refractivity contribution in [1.29, 1.82) is 0 Å². The second kappa shape index (κ2) is 9.09. The maximum absolute atomic E-state index is 10.6. The molecule has 0 aliphatic rings. The Morgan fingerprint density at radius 2 is 0.967 bits per heavy atom. The van der Waals surface area contributed by atoms with Crippen LogP contribution in [-0.2, 0) is 16.2 Å². The van der Waals surface area contributed by atoms with Gasteiger partial charge in [0.2, 0.25) is 0 Å². The highest BCUT2D eigenvalue weighted by atomic mass is 16.5. The summed E-state index contributed by atoms with van der Waals surface area (Å²) in [4.78, 5) is 39.0. The van der Waals surface area contributed by atoms with Crippen LogP contribution in [0.5, 0.6) is 0 Å². The number of aromatic amines is 4. The predicted octanol–water partition coefficient (Wildman–Crippen LogP) is 1.72. The molecule has 0 radical (unpaired) electrons. The summed E-state index contributed by atoms with van der Waals surface area (Å²) >= 11 is 0. The lowest BCUT2D eigenvalue weighted by Crippen LogP contribution is -2.14. The van der Waals surface area contributed by atoms with Gasteiger partial charge in [-0.1, -0.05) is 72.6 Å². The smallest absolute Gasteiger partial charge is 0.296 e. The summed E-state index contributed by atoms with van der Waals surface area (Å²) in [5.74, 6) is 0.863. The maximum Gasteiger partial charge on any atom is 0.438 e. The molecule has 0 spiro atoms. The average Bonchev–Trinajstić information content (AvgIpc) is 3.27. The zero-order chi connectivity index (χ0) is 23.3. The molecule has 0 amide bonds. The lowest BCUT2D eigenvalue weighted by molar-refractivity contribution is 0.369. The predicted molar refractivity (Wildman–Crippen MR) is 110 cm³/mol. The number of hydrogen-bond donors (Lipinski definition) is 4. The van der Waals surface area contributed by atoms with E-state index < -0.39 is 11.5 Å². The molecule has 12 nitrogen and oxygen atoms in total. The molecule has 0 aromatic carbocycles. The third-order valence-corrected chi connectivity index (χ3v) is 3.51. The summed E-state index contributed by atoms with van der Waals surface area (Å²) in [7, 11) is 0. The molecule has 3 aromatic rings. The van der Waals surface area contributed by atoms with Crippen molar-refractivity contribution >= 4 is 0 Å². The first kappa shape index (κ1) is 24.9. The average molecular weight is 425 g/mol. The zero-order valence-corrected chi connectivity index (χ0v) is 18.9. The largest absolute Gasteiger partial charge is 0.438 e. The van der Waals surface area contributed by atoms with Crippen molar-refractivity contribution in [3.8, 4) is 0 Å². The van der Waals surface area contributed by atoms with E-state index in [4.69, 9.17) is 0 Å². The fourth-order valence-electron chi connectivity index (χ4n) is 1.73. The molecule has 4 N–H and O–H groups in total. The minimum atomic E-state index is -0.495. The summed E-state index contributed by atoms with van der Waals surface area (Å²) in [6.45, 7) is 17.6. The summed E-state index contributed by atoms with van der Waals surface area (Å²) in [5, 5.41) is 13.2. The first-order valence-corrected chi connectivity index (χ1v) is 9.28. The lowest BCUT2D eigenvalue weighted by atomic mass is 9.96. The van der Waals surface area contributed by atoms with Gasteiger partial charge in [-0.2, -0.15) is 5.10 Å². The van der Waals surface area contributed by atoms with E-state index in [1.165, 1.54) is 0 Å². The Morgan fingerprint density at radius 1 is 0.600 bits per heavy atom. The quantitative estimate of drug-likeness (QED) is 0.420. The summed E-state index contributed by atoms with van der Waals surface area (Å²) in [6, 6.07) is 0. The highest BCUT2D eigenvalue weighted by Crippen LogP contribution is 2.16. The normalized spacial score (nSPS) is 11.9. The Balaban J connectivity index is 0.000000225. The van der Waals surface area contributed by atoms with Gasteiger partial charge in [-0.05, 0) is 0 Å². The van der Waals surface area contributed by atoms with Crippen LogP contribution < -0.4 is 17.2 Å². The van der Waals surface area contributed by atoms with Gasteiger partial charge in [0.25, 0.3) is 0 Å². The van der Waals surface area contributed by atoms with E-state index in [1.54, 1.807) is 0 Å².